The van der Waals surface area contributed by atoms with Gasteiger partial charge in [-0.3, -0.25) is 4.79 Å². The van der Waals surface area contributed by atoms with Gasteiger partial charge in [-0.15, -0.1) is 0 Å². The first-order chi connectivity index (χ1) is 9.25. The standard InChI is InChI=1S/C16H10O3/c17-14-10-9-12-7-4-8-13(16(12)19-14)15(18)11-5-2-1-3-6-11/h1-10H. The topological polar surface area (TPSA) is 47.3 Å². The summed E-state index contributed by atoms with van der Waals surface area (Å²) in [5.74, 6) is -0.152. The van der Waals surface area contributed by atoms with Crippen LogP contribution in [0, 0.1) is 0 Å². The summed E-state index contributed by atoms with van der Waals surface area (Å²) in [4.78, 5) is 23.7. The van der Waals surface area contributed by atoms with Crippen LogP contribution in [-0.4, -0.2) is 5.78 Å². The predicted octanol–water partition coefficient (Wildman–Crippen LogP) is 3.02. The van der Waals surface area contributed by atoms with Crippen LogP contribution in [0.25, 0.3) is 11.0 Å². The Hall–Kier alpha value is -2.68. The van der Waals surface area contributed by atoms with Crippen molar-refractivity contribution in [1.82, 2.24) is 0 Å². The third kappa shape index (κ3) is 2.06. The fraction of sp³-hybridized carbons (Fsp3) is 0. The Morgan fingerprint density at radius 2 is 1.63 bits per heavy atom. The predicted molar refractivity (Wildman–Crippen MR) is 72.4 cm³/mol. The number of benzene rings is 2. The summed E-state index contributed by atoms with van der Waals surface area (Å²) in [5.41, 5.74) is 0.854. The molecule has 1 heterocycles. The molecule has 3 heteroatoms. The monoisotopic (exact) mass is 250 g/mol. The van der Waals surface area contributed by atoms with Crippen molar-refractivity contribution in [2.24, 2.45) is 0 Å². The zero-order chi connectivity index (χ0) is 13.2. The molecule has 92 valence electrons. The molecule has 0 N–H and O–H groups in total. The van der Waals surface area contributed by atoms with Gasteiger partial charge in [-0.1, -0.05) is 42.5 Å². The molecule has 0 bridgehead atoms. The molecule has 0 saturated carbocycles. The number of ketones is 1. The lowest BCUT2D eigenvalue weighted by molar-refractivity contribution is 0.103. The van der Waals surface area contributed by atoms with Crippen LogP contribution in [-0.2, 0) is 0 Å². The molecule has 3 aromatic rings. The average Bonchev–Trinajstić information content (AvgIpc) is 2.47. The van der Waals surface area contributed by atoms with Crippen molar-refractivity contribution in [2.45, 2.75) is 0 Å². The van der Waals surface area contributed by atoms with Crippen molar-refractivity contribution in [3.05, 3.63) is 82.2 Å². The van der Waals surface area contributed by atoms with Crippen molar-refractivity contribution < 1.29 is 9.21 Å². The molecule has 0 amide bonds. The third-order valence-corrected chi connectivity index (χ3v) is 2.93. The van der Waals surface area contributed by atoms with E-state index in [2.05, 4.69) is 0 Å². The molecule has 0 spiro atoms. The minimum Gasteiger partial charge on any atom is -0.422 e. The van der Waals surface area contributed by atoms with Crippen molar-refractivity contribution in [3.8, 4) is 0 Å². The number of fused-ring (bicyclic) bond motifs is 1. The van der Waals surface area contributed by atoms with Gasteiger partial charge in [-0.2, -0.15) is 0 Å². The highest BCUT2D eigenvalue weighted by molar-refractivity contribution is 6.14. The third-order valence-electron chi connectivity index (χ3n) is 2.93. The molecule has 19 heavy (non-hydrogen) atoms. The van der Waals surface area contributed by atoms with E-state index in [9.17, 15) is 9.59 Å². The summed E-state index contributed by atoms with van der Waals surface area (Å²) in [6.45, 7) is 0. The molecule has 0 saturated heterocycles. The lowest BCUT2D eigenvalue weighted by Gasteiger charge is -2.04. The van der Waals surface area contributed by atoms with E-state index in [1.165, 1.54) is 6.07 Å². The van der Waals surface area contributed by atoms with Gasteiger partial charge in [0.2, 0.25) is 0 Å². The molecule has 3 nitrogen and oxygen atoms in total. The summed E-state index contributed by atoms with van der Waals surface area (Å²) in [7, 11) is 0. The van der Waals surface area contributed by atoms with Crippen molar-refractivity contribution in [2.75, 3.05) is 0 Å². The van der Waals surface area contributed by atoms with Gasteiger partial charge in [0.25, 0.3) is 0 Å². The van der Waals surface area contributed by atoms with E-state index in [1.807, 2.05) is 6.07 Å². The Labute approximate surface area is 109 Å². The second-order valence-electron chi connectivity index (χ2n) is 4.17. The number of hydrogen-bond donors (Lipinski definition) is 0. The largest absolute Gasteiger partial charge is 0.422 e. The molecule has 0 radical (unpaired) electrons. The van der Waals surface area contributed by atoms with E-state index in [1.54, 1.807) is 48.5 Å². The molecule has 0 aliphatic rings. The highest BCUT2D eigenvalue weighted by Gasteiger charge is 2.13. The molecular weight excluding hydrogens is 240 g/mol. The lowest BCUT2D eigenvalue weighted by atomic mass is 10.0. The van der Waals surface area contributed by atoms with Gasteiger partial charge in [0.15, 0.2) is 5.78 Å². The van der Waals surface area contributed by atoms with Gasteiger partial charge < -0.3 is 4.42 Å². The van der Waals surface area contributed by atoms with Crippen LogP contribution in [0.2, 0.25) is 0 Å². The Balaban J connectivity index is 2.23. The molecule has 2 aromatic carbocycles. The van der Waals surface area contributed by atoms with Crippen LogP contribution in [0.15, 0.2) is 69.9 Å². The maximum Gasteiger partial charge on any atom is 0.336 e. The molecule has 0 fully saturated rings. The summed E-state index contributed by atoms with van der Waals surface area (Å²) in [5, 5.41) is 0.737. The van der Waals surface area contributed by atoms with Crippen LogP contribution in [0.1, 0.15) is 15.9 Å². The maximum atomic E-state index is 12.4. The van der Waals surface area contributed by atoms with Crippen molar-refractivity contribution in [3.63, 3.8) is 0 Å². The minimum atomic E-state index is -0.458. The Morgan fingerprint density at radius 3 is 2.42 bits per heavy atom. The van der Waals surface area contributed by atoms with Crippen LogP contribution < -0.4 is 5.63 Å². The minimum absolute atomic E-state index is 0.152. The molecule has 0 aliphatic heterocycles. The quantitative estimate of drug-likeness (QED) is 0.519. The maximum absolute atomic E-state index is 12.4. The molecule has 1 aromatic heterocycles. The number of rotatable bonds is 2. The fourth-order valence-corrected chi connectivity index (χ4v) is 2.02. The van der Waals surface area contributed by atoms with Gasteiger partial charge in [0.1, 0.15) is 5.58 Å². The second kappa shape index (κ2) is 4.53. The van der Waals surface area contributed by atoms with Gasteiger partial charge in [0.05, 0.1) is 5.56 Å². The Morgan fingerprint density at radius 1 is 0.842 bits per heavy atom. The molecule has 0 unspecified atom stereocenters. The molecule has 0 aliphatic carbocycles. The van der Waals surface area contributed by atoms with Crippen LogP contribution in [0.5, 0.6) is 0 Å². The average molecular weight is 250 g/mol. The Kier molecular flexibility index (Phi) is 2.72. The van der Waals surface area contributed by atoms with Gasteiger partial charge in [-0.05, 0) is 12.1 Å². The molecule has 3 rings (SSSR count). The first kappa shape index (κ1) is 11.4. The van der Waals surface area contributed by atoms with E-state index >= 15 is 0 Å². The highest BCUT2D eigenvalue weighted by atomic mass is 16.4. The zero-order valence-corrected chi connectivity index (χ0v) is 10.00. The first-order valence-corrected chi connectivity index (χ1v) is 5.88. The summed E-state index contributed by atoms with van der Waals surface area (Å²) in [6.07, 6.45) is 0. The lowest BCUT2D eigenvalue weighted by Crippen LogP contribution is -2.04. The van der Waals surface area contributed by atoms with E-state index in [0.29, 0.717) is 16.7 Å². The van der Waals surface area contributed by atoms with Crippen LogP contribution in [0.4, 0.5) is 0 Å². The van der Waals surface area contributed by atoms with E-state index in [0.717, 1.165) is 5.39 Å². The van der Waals surface area contributed by atoms with E-state index in [-0.39, 0.29) is 5.78 Å². The highest BCUT2D eigenvalue weighted by Crippen LogP contribution is 2.20. The number of carbonyl (C=O) groups is 1. The van der Waals surface area contributed by atoms with Crippen molar-refractivity contribution in [1.29, 1.82) is 0 Å². The summed E-state index contributed by atoms with van der Waals surface area (Å²) >= 11 is 0. The first-order valence-electron chi connectivity index (χ1n) is 5.88. The number of carbonyl (C=O) groups excluding carboxylic acids is 1. The number of para-hydroxylation sites is 1. The van der Waals surface area contributed by atoms with E-state index < -0.39 is 5.63 Å². The normalized spacial score (nSPS) is 10.5. The van der Waals surface area contributed by atoms with Crippen LogP contribution in [0.3, 0.4) is 0 Å². The van der Waals surface area contributed by atoms with Crippen molar-refractivity contribution >= 4 is 16.8 Å². The fourth-order valence-electron chi connectivity index (χ4n) is 2.02. The zero-order valence-electron chi connectivity index (χ0n) is 10.00. The SMILES string of the molecule is O=C(c1ccccc1)c1cccc2ccc(=O)oc12. The molecular formula is C16H10O3. The second-order valence-corrected chi connectivity index (χ2v) is 4.17. The smallest absolute Gasteiger partial charge is 0.336 e. The molecule has 0 atom stereocenters. The summed E-state index contributed by atoms with van der Waals surface area (Å²) < 4.78 is 5.16. The van der Waals surface area contributed by atoms with Gasteiger partial charge in [0, 0.05) is 17.0 Å². The summed E-state index contributed by atoms with van der Waals surface area (Å²) in [6, 6.07) is 17.2. The Bertz CT molecular complexity index is 801. The number of hydrogen-bond acceptors (Lipinski definition) is 3. The van der Waals surface area contributed by atoms with Crippen LogP contribution >= 0.6 is 0 Å². The van der Waals surface area contributed by atoms with Gasteiger partial charge >= 0.3 is 5.63 Å². The van der Waals surface area contributed by atoms with E-state index in [4.69, 9.17) is 4.42 Å². The van der Waals surface area contributed by atoms with Gasteiger partial charge in [-0.25, -0.2) is 4.79 Å².